The smallest absolute Gasteiger partial charge is 0.240 e. The van der Waals surface area contributed by atoms with E-state index in [1.54, 1.807) is 30.5 Å². The van der Waals surface area contributed by atoms with Gasteiger partial charge in [0, 0.05) is 31.0 Å². The Balaban J connectivity index is 1.46. The summed E-state index contributed by atoms with van der Waals surface area (Å²) < 4.78 is 27.0. The minimum atomic E-state index is -3.42. The second kappa shape index (κ2) is 6.61. The second-order valence-corrected chi connectivity index (χ2v) is 8.19. The van der Waals surface area contributed by atoms with Crippen LogP contribution in [0.3, 0.4) is 0 Å². The Morgan fingerprint density at radius 2 is 1.76 bits per heavy atom. The maximum absolute atomic E-state index is 12.2. The number of nitrogens with one attached hydrogen (secondary N) is 2. The third-order valence-electron chi connectivity index (χ3n) is 4.39. The molecule has 1 saturated heterocycles. The van der Waals surface area contributed by atoms with Crippen LogP contribution in [0.1, 0.15) is 25.7 Å². The van der Waals surface area contributed by atoms with E-state index in [-0.39, 0.29) is 10.9 Å². The van der Waals surface area contributed by atoms with Gasteiger partial charge in [0.25, 0.3) is 0 Å². The topological polar surface area (TPSA) is 87.2 Å². The molecule has 1 saturated carbocycles. The molecule has 0 atom stereocenters. The molecular weight excluding hydrogens is 338 g/mol. The summed E-state index contributed by atoms with van der Waals surface area (Å²) in [5.74, 6) is 1.43. The molecule has 0 spiro atoms. The van der Waals surface area contributed by atoms with Gasteiger partial charge in [-0.15, -0.1) is 0 Å². The number of rotatable bonds is 6. The first kappa shape index (κ1) is 16.3. The lowest BCUT2D eigenvalue weighted by Gasteiger charge is -2.16. The summed E-state index contributed by atoms with van der Waals surface area (Å²) in [5, 5.41) is 3.14. The van der Waals surface area contributed by atoms with E-state index in [2.05, 4.69) is 24.9 Å². The van der Waals surface area contributed by atoms with Crippen molar-refractivity contribution in [2.45, 2.75) is 36.6 Å². The van der Waals surface area contributed by atoms with Crippen molar-refractivity contribution in [3.63, 3.8) is 0 Å². The molecule has 0 bridgehead atoms. The molecule has 8 heteroatoms. The maximum atomic E-state index is 12.2. The van der Waals surface area contributed by atoms with Gasteiger partial charge in [0.15, 0.2) is 0 Å². The van der Waals surface area contributed by atoms with Crippen LogP contribution in [0.15, 0.2) is 41.4 Å². The van der Waals surface area contributed by atoms with E-state index < -0.39 is 10.0 Å². The predicted molar refractivity (Wildman–Crippen MR) is 96.5 cm³/mol. The highest BCUT2D eigenvalue weighted by molar-refractivity contribution is 7.89. The van der Waals surface area contributed by atoms with Crippen LogP contribution in [0, 0.1) is 0 Å². The molecule has 132 valence electrons. The van der Waals surface area contributed by atoms with Crippen molar-refractivity contribution < 1.29 is 8.42 Å². The second-order valence-electron chi connectivity index (χ2n) is 6.48. The van der Waals surface area contributed by atoms with E-state index >= 15 is 0 Å². The molecule has 2 heterocycles. The van der Waals surface area contributed by atoms with Crippen LogP contribution in [-0.2, 0) is 10.0 Å². The summed E-state index contributed by atoms with van der Waals surface area (Å²) >= 11 is 0. The summed E-state index contributed by atoms with van der Waals surface area (Å²) in [6, 6.07) is 8.66. The van der Waals surface area contributed by atoms with Crippen molar-refractivity contribution >= 4 is 27.5 Å². The van der Waals surface area contributed by atoms with Crippen LogP contribution in [0.25, 0.3) is 0 Å². The molecule has 25 heavy (non-hydrogen) atoms. The average Bonchev–Trinajstić information content (AvgIpc) is 3.24. The SMILES string of the molecule is O=S(=O)(NC1CC1)c1ccc(Nc2nccc(N3CCCC3)n2)cc1. The van der Waals surface area contributed by atoms with Crippen LogP contribution in [0.4, 0.5) is 17.5 Å². The maximum Gasteiger partial charge on any atom is 0.240 e. The number of aromatic nitrogens is 2. The minimum absolute atomic E-state index is 0.101. The fourth-order valence-electron chi connectivity index (χ4n) is 2.87. The fourth-order valence-corrected chi connectivity index (χ4v) is 4.17. The van der Waals surface area contributed by atoms with E-state index in [0.29, 0.717) is 5.95 Å². The van der Waals surface area contributed by atoms with Crippen molar-refractivity contribution in [3.8, 4) is 0 Å². The number of hydrogen-bond donors (Lipinski definition) is 2. The first-order valence-electron chi connectivity index (χ1n) is 8.58. The molecule has 2 aliphatic rings. The average molecular weight is 359 g/mol. The normalized spacial score (nSPS) is 17.7. The quantitative estimate of drug-likeness (QED) is 0.823. The van der Waals surface area contributed by atoms with E-state index in [1.165, 1.54) is 12.8 Å². The third-order valence-corrected chi connectivity index (χ3v) is 5.93. The molecule has 0 amide bonds. The lowest BCUT2D eigenvalue weighted by molar-refractivity contribution is 0.581. The molecule has 4 rings (SSSR count). The molecule has 1 aliphatic heterocycles. The number of hydrogen-bond acceptors (Lipinski definition) is 6. The lowest BCUT2D eigenvalue weighted by atomic mass is 10.3. The third kappa shape index (κ3) is 3.91. The summed E-state index contributed by atoms with van der Waals surface area (Å²) in [6.45, 7) is 2.05. The first-order valence-corrected chi connectivity index (χ1v) is 10.1. The molecule has 1 aromatic heterocycles. The zero-order chi connectivity index (χ0) is 17.3. The Kier molecular flexibility index (Phi) is 4.30. The van der Waals surface area contributed by atoms with Gasteiger partial charge in [0.1, 0.15) is 5.82 Å². The van der Waals surface area contributed by atoms with Gasteiger partial charge in [-0.25, -0.2) is 18.1 Å². The Labute approximate surface area is 147 Å². The van der Waals surface area contributed by atoms with Gasteiger partial charge in [-0.1, -0.05) is 0 Å². The van der Waals surface area contributed by atoms with Gasteiger partial charge in [0.2, 0.25) is 16.0 Å². The van der Waals surface area contributed by atoms with E-state index in [9.17, 15) is 8.42 Å². The predicted octanol–water partition coefficient (Wildman–Crippen LogP) is 2.26. The first-order chi connectivity index (χ1) is 12.1. The Bertz CT molecular complexity index is 844. The van der Waals surface area contributed by atoms with Crippen molar-refractivity contribution in [1.82, 2.24) is 14.7 Å². The van der Waals surface area contributed by atoms with Crippen molar-refractivity contribution in [2.24, 2.45) is 0 Å². The molecule has 2 fully saturated rings. The number of benzene rings is 1. The molecular formula is C17H21N5O2S. The molecule has 2 aromatic rings. The van der Waals surface area contributed by atoms with E-state index in [1.807, 2.05) is 6.07 Å². The monoisotopic (exact) mass is 359 g/mol. The molecule has 0 radical (unpaired) electrons. The van der Waals surface area contributed by atoms with Crippen LogP contribution in [0.2, 0.25) is 0 Å². The number of anilines is 3. The van der Waals surface area contributed by atoms with Gasteiger partial charge in [-0.3, -0.25) is 0 Å². The standard InChI is InChI=1S/C17H21N5O2S/c23-25(24,21-14-3-4-14)15-7-5-13(6-8-15)19-17-18-10-9-16(20-17)22-11-1-2-12-22/h5-10,14,21H,1-4,11-12H2,(H,18,19,20). The fraction of sp³-hybridized carbons (Fsp3) is 0.412. The van der Waals surface area contributed by atoms with Gasteiger partial charge in [-0.2, -0.15) is 4.98 Å². The van der Waals surface area contributed by atoms with Crippen LogP contribution >= 0.6 is 0 Å². The zero-order valence-electron chi connectivity index (χ0n) is 13.9. The van der Waals surface area contributed by atoms with Crippen LogP contribution < -0.4 is 14.9 Å². The molecule has 0 unspecified atom stereocenters. The van der Waals surface area contributed by atoms with Crippen molar-refractivity contribution in [2.75, 3.05) is 23.3 Å². The highest BCUT2D eigenvalue weighted by Gasteiger charge is 2.27. The zero-order valence-corrected chi connectivity index (χ0v) is 14.7. The van der Waals surface area contributed by atoms with E-state index in [4.69, 9.17) is 0 Å². The summed E-state index contributed by atoms with van der Waals surface area (Å²) in [4.78, 5) is 11.3. The Hall–Kier alpha value is -2.19. The highest BCUT2D eigenvalue weighted by atomic mass is 32.2. The van der Waals surface area contributed by atoms with Gasteiger partial charge in [0.05, 0.1) is 4.90 Å². The molecule has 2 N–H and O–H groups in total. The molecule has 7 nitrogen and oxygen atoms in total. The number of sulfonamides is 1. The van der Waals surface area contributed by atoms with Crippen LogP contribution in [-0.4, -0.2) is 37.5 Å². The molecule has 1 aromatic carbocycles. The summed E-state index contributed by atoms with van der Waals surface area (Å²) in [6.07, 6.45) is 5.96. The molecule has 1 aliphatic carbocycles. The lowest BCUT2D eigenvalue weighted by Crippen LogP contribution is -2.25. The van der Waals surface area contributed by atoms with Gasteiger partial charge >= 0.3 is 0 Å². The van der Waals surface area contributed by atoms with Crippen molar-refractivity contribution in [3.05, 3.63) is 36.5 Å². The summed E-state index contributed by atoms with van der Waals surface area (Å²) in [7, 11) is -3.42. The van der Waals surface area contributed by atoms with Crippen LogP contribution in [0.5, 0.6) is 0 Å². The highest BCUT2D eigenvalue weighted by Crippen LogP contribution is 2.24. The number of nitrogens with zero attached hydrogens (tertiary/aromatic N) is 3. The summed E-state index contributed by atoms with van der Waals surface area (Å²) in [5.41, 5.74) is 0.754. The van der Waals surface area contributed by atoms with Gasteiger partial charge in [-0.05, 0) is 56.0 Å². The van der Waals surface area contributed by atoms with Crippen molar-refractivity contribution in [1.29, 1.82) is 0 Å². The van der Waals surface area contributed by atoms with Gasteiger partial charge < -0.3 is 10.2 Å². The van der Waals surface area contributed by atoms with E-state index in [0.717, 1.165) is 37.4 Å². The minimum Gasteiger partial charge on any atom is -0.356 e. The largest absolute Gasteiger partial charge is 0.356 e. The Morgan fingerprint density at radius 1 is 1.04 bits per heavy atom. The Morgan fingerprint density at radius 3 is 2.44 bits per heavy atom.